The van der Waals surface area contributed by atoms with Crippen molar-refractivity contribution in [2.45, 2.75) is 13.0 Å². The fourth-order valence-electron chi connectivity index (χ4n) is 1.87. The summed E-state index contributed by atoms with van der Waals surface area (Å²) in [4.78, 5) is 11.9. The lowest BCUT2D eigenvalue weighted by Crippen LogP contribution is -2.24. The second-order valence-electron chi connectivity index (χ2n) is 4.40. The van der Waals surface area contributed by atoms with Crippen molar-refractivity contribution in [2.75, 3.05) is 7.11 Å². The number of carbonyl (C=O) groups is 1. The number of amides is 1. The van der Waals surface area contributed by atoms with E-state index in [1.165, 1.54) is 0 Å². The normalized spacial score (nSPS) is 10.1. The van der Waals surface area contributed by atoms with Gasteiger partial charge in [0.2, 0.25) is 5.91 Å². The number of hydrogen-bond acceptors (Lipinski definition) is 2. The first-order valence-corrected chi connectivity index (χ1v) is 6.70. The van der Waals surface area contributed by atoms with Crippen molar-refractivity contribution in [2.24, 2.45) is 0 Å². The second-order valence-corrected chi connectivity index (χ2v) is 4.80. The highest BCUT2D eigenvalue weighted by Crippen LogP contribution is 2.15. The van der Waals surface area contributed by atoms with Crippen LogP contribution in [0.4, 0.5) is 0 Å². The Labute approximate surface area is 123 Å². The SMILES string of the molecule is COc1cccc(CC(=O)NCc2ccccc2Cl)c1. The molecule has 0 unspecified atom stereocenters. The molecular formula is C16H16ClNO2. The summed E-state index contributed by atoms with van der Waals surface area (Å²) in [6, 6.07) is 15.0. The topological polar surface area (TPSA) is 38.3 Å². The van der Waals surface area contributed by atoms with Gasteiger partial charge in [0.25, 0.3) is 0 Å². The molecule has 3 nitrogen and oxygen atoms in total. The van der Waals surface area contributed by atoms with E-state index in [4.69, 9.17) is 16.3 Å². The smallest absolute Gasteiger partial charge is 0.224 e. The zero-order valence-electron chi connectivity index (χ0n) is 11.2. The largest absolute Gasteiger partial charge is 0.497 e. The van der Waals surface area contributed by atoms with Gasteiger partial charge in [0.15, 0.2) is 0 Å². The number of hydrogen-bond donors (Lipinski definition) is 1. The molecule has 0 aromatic heterocycles. The van der Waals surface area contributed by atoms with Crippen LogP contribution in [0.5, 0.6) is 5.75 Å². The summed E-state index contributed by atoms with van der Waals surface area (Å²) in [5, 5.41) is 3.52. The Morgan fingerprint density at radius 3 is 2.75 bits per heavy atom. The van der Waals surface area contributed by atoms with Gasteiger partial charge in [0, 0.05) is 11.6 Å². The summed E-state index contributed by atoms with van der Waals surface area (Å²) in [6.45, 7) is 0.433. The Bertz CT molecular complexity index is 599. The number of halogens is 1. The fourth-order valence-corrected chi connectivity index (χ4v) is 2.07. The molecule has 104 valence electrons. The van der Waals surface area contributed by atoms with Crippen molar-refractivity contribution >= 4 is 17.5 Å². The van der Waals surface area contributed by atoms with Crippen LogP contribution in [0.25, 0.3) is 0 Å². The standard InChI is InChI=1S/C16H16ClNO2/c1-20-14-7-4-5-12(9-14)10-16(19)18-11-13-6-2-3-8-15(13)17/h2-9H,10-11H2,1H3,(H,18,19). The van der Waals surface area contributed by atoms with Gasteiger partial charge >= 0.3 is 0 Å². The Kier molecular flexibility index (Phi) is 5.02. The minimum absolute atomic E-state index is 0.0434. The zero-order chi connectivity index (χ0) is 14.4. The van der Waals surface area contributed by atoms with Gasteiger partial charge < -0.3 is 10.1 Å². The lowest BCUT2D eigenvalue weighted by atomic mass is 10.1. The van der Waals surface area contributed by atoms with Crippen LogP contribution in [-0.4, -0.2) is 13.0 Å². The van der Waals surface area contributed by atoms with Gasteiger partial charge in [-0.2, -0.15) is 0 Å². The lowest BCUT2D eigenvalue weighted by molar-refractivity contribution is -0.120. The molecule has 0 aliphatic heterocycles. The van der Waals surface area contributed by atoms with E-state index in [-0.39, 0.29) is 5.91 Å². The van der Waals surface area contributed by atoms with Crippen molar-refractivity contribution in [1.29, 1.82) is 0 Å². The fraction of sp³-hybridized carbons (Fsp3) is 0.188. The second kappa shape index (κ2) is 6.96. The summed E-state index contributed by atoms with van der Waals surface area (Å²) in [5.41, 5.74) is 1.83. The minimum atomic E-state index is -0.0434. The number of rotatable bonds is 5. The summed E-state index contributed by atoms with van der Waals surface area (Å²) in [5.74, 6) is 0.708. The molecule has 20 heavy (non-hydrogen) atoms. The molecule has 0 saturated carbocycles. The summed E-state index contributed by atoms with van der Waals surface area (Å²) < 4.78 is 5.13. The molecule has 0 saturated heterocycles. The summed E-state index contributed by atoms with van der Waals surface area (Å²) >= 11 is 6.04. The highest BCUT2D eigenvalue weighted by atomic mass is 35.5. The van der Waals surface area contributed by atoms with E-state index < -0.39 is 0 Å². The predicted octanol–water partition coefficient (Wildman–Crippen LogP) is 3.21. The Hall–Kier alpha value is -2.00. The van der Waals surface area contributed by atoms with Crippen molar-refractivity contribution in [3.05, 3.63) is 64.7 Å². The summed E-state index contributed by atoms with van der Waals surface area (Å²) in [7, 11) is 1.61. The monoisotopic (exact) mass is 289 g/mol. The molecule has 2 aromatic rings. The van der Waals surface area contributed by atoms with Gasteiger partial charge in [-0.3, -0.25) is 4.79 Å². The maximum atomic E-state index is 11.9. The van der Waals surface area contributed by atoms with Crippen LogP contribution in [0.2, 0.25) is 5.02 Å². The molecule has 2 rings (SSSR count). The Morgan fingerprint density at radius 2 is 2.00 bits per heavy atom. The van der Waals surface area contributed by atoms with Crippen LogP contribution in [0.1, 0.15) is 11.1 Å². The van der Waals surface area contributed by atoms with Gasteiger partial charge in [-0.1, -0.05) is 41.9 Å². The average molecular weight is 290 g/mol. The van der Waals surface area contributed by atoms with Gasteiger partial charge in [0.05, 0.1) is 13.5 Å². The van der Waals surface area contributed by atoms with E-state index in [0.717, 1.165) is 16.9 Å². The maximum Gasteiger partial charge on any atom is 0.224 e. The van der Waals surface area contributed by atoms with Crippen molar-refractivity contribution in [3.8, 4) is 5.75 Å². The molecule has 1 amide bonds. The third kappa shape index (κ3) is 4.00. The van der Waals surface area contributed by atoms with E-state index >= 15 is 0 Å². The van der Waals surface area contributed by atoms with E-state index in [1.807, 2.05) is 48.5 Å². The van der Waals surface area contributed by atoms with Crippen LogP contribution >= 0.6 is 11.6 Å². The Balaban J connectivity index is 1.91. The number of methoxy groups -OCH3 is 1. The quantitative estimate of drug-likeness (QED) is 0.918. The van der Waals surface area contributed by atoms with Crippen molar-refractivity contribution in [3.63, 3.8) is 0 Å². The molecule has 0 aliphatic rings. The van der Waals surface area contributed by atoms with Crippen LogP contribution in [0, 0.1) is 0 Å². The first-order valence-electron chi connectivity index (χ1n) is 6.32. The van der Waals surface area contributed by atoms with Gasteiger partial charge in [-0.15, -0.1) is 0 Å². The minimum Gasteiger partial charge on any atom is -0.497 e. The molecule has 0 spiro atoms. The van der Waals surface area contributed by atoms with Gasteiger partial charge in [-0.25, -0.2) is 0 Å². The molecule has 0 radical (unpaired) electrons. The first kappa shape index (κ1) is 14.4. The zero-order valence-corrected chi connectivity index (χ0v) is 12.0. The summed E-state index contributed by atoms with van der Waals surface area (Å²) in [6.07, 6.45) is 0.321. The van der Waals surface area contributed by atoms with Gasteiger partial charge in [-0.05, 0) is 29.3 Å². The number of nitrogens with one attached hydrogen (secondary N) is 1. The van der Waals surface area contributed by atoms with E-state index in [9.17, 15) is 4.79 Å². The average Bonchev–Trinajstić information content (AvgIpc) is 2.46. The molecule has 0 bridgehead atoms. The molecular weight excluding hydrogens is 274 g/mol. The lowest BCUT2D eigenvalue weighted by Gasteiger charge is -2.08. The maximum absolute atomic E-state index is 11.9. The first-order chi connectivity index (χ1) is 9.69. The van der Waals surface area contributed by atoms with Crippen LogP contribution in [0.15, 0.2) is 48.5 Å². The van der Waals surface area contributed by atoms with Gasteiger partial charge in [0.1, 0.15) is 5.75 Å². The molecule has 0 aliphatic carbocycles. The van der Waals surface area contributed by atoms with Crippen LogP contribution in [-0.2, 0) is 17.8 Å². The molecule has 0 heterocycles. The van der Waals surface area contributed by atoms with E-state index in [1.54, 1.807) is 7.11 Å². The molecule has 0 atom stereocenters. The molecule has 0 fully saturated rings. The number of benzene rings is 2. The van der Waals surface area contributed by atoms with Crippen LogP contribution in [0.3, 0.4) is 0 Å². The van der Waals surface area contributed by atoms with Crippen molar-refractivity contribution < 1.29 is 9.53 Å². The third-order valence-corrected chi connectivity index (χ3v) is 3.30. The molecule has 1 N–H and O–H groups in total. The van der Waals surface area contributed by atoms with E-state index in [0.29, 0.717) is 18.0 Å². The third-order valence-electron chi connectivity index (χ3n) is 2.93. The van der Waals surface area contributed by atoms with E-state index in [2.05, 4.69) is 5.32 Å². The Morgan fingerprint density at radius 1 is 1.20 bits per heavy atom. The van der Waals surface area contributed by atoms with Crippen molar-refractivity contribution in [1.82, 2.24) is 5.32 Å². The number of ether oxygens (including phenoxy) is 1. The predicted molar refractivity (Wildman–Crippen MR) is 80.0 cm³/mol. The van der Waals surface area contributed by atoms with Crippen LogP contribution < -0.4 is 10.1 Å². The highest BCUT2D eigenvalue weighted by molar-refractivity contribution is 6.31. The number of carbonyl (C=O) groups excluding carboxylic acids is 1. The highest BCUT2D eigenvalue weighted by Gasteiger charge is 2.05. The molecule has 4 heteroatoms. The molecule has 2 aromatic carbocycles.